The molecule has 0 aliphatic heterocycles. The van der Waals surface area contributed by atoms with Crippen LogP contribution in [0.5, 0.6) is 0 Å². The third kappa shape index (κ3) is 14.2. The van der Waals surface area contributed by atoms with Crippen molar-refractivity contribution in [2.75, 3.05) is 52.9 Å². The maximum Gasteiger partial charge on any atom is 0.0796 e. The van der Waals surface area contributed by atoms with E-state index < -0.39 is 6.10 Å². The average Bonchev–Trinajstić information content (AvgIpc) is 2.43. The molecule has 5 heteroatoms. The van der Waals surface area contributed by atoms with Crippen molar-refractivity contribution >= 4 is 0 Å². The second-order valence-electron chi connectivity index (χ2n) is 5.08. The summed E-state index contributed by atoms with van der Waals surface area (Å²) in [4.78, 5) is 0. The van der Waals surface area contributed by atoms with Crippen LogP contribution in [0.3, 0.4) is 0 Å². The molecule has 0 aromatic rings. The summed E-state index contributed by atoms with van der Waals surface area (Å²) >= 11 is 0. The van der Waals surface area contributed by atoms with E-state index in [4.69, 9.17) is 18.9 Å². The molecule has 0 rings (SSSR count). The molecule has 122 valence electrons. The van der Waals surface area contributed by atoms with Gasteiger partial charge in [-0.1, -0.05) is 27.2 Å². The first-order valence-corrected chi connectivity index (χ1v) is 7.67. The molecular weight excluding hydrogens is 260 g/mol. The molecule has 0 spiro atoms. The number of hydrogen-bond acceptors (Lipinski definition) is 5. The van der Waals surface area contributed by atoms with Crippen LogP contribution in [0.25, 0.3) is 0 Å². The lowest BCUT2D eigenvalue weighted by atomic mass is 10.1. The SMILES string of the molecule is CCCCOCCOCCOCCOCC(O)C(C)C. The lowest BCUT2D eigenvalue weighted by molar-refractivity contribution is -0.0249. The van der Waals surface area contributed by atoms with E-state index in [2.05, 4.69) is 6.92 Å². The van der Waals surface area contributed by atoms with Crippen molar-refractivity contribution in [3.8, 4) is 0 Å². The summed E-state index contributed by atoms with van der Waals surface area (Å²) in [6.45, 7) is 10.7. The van der Waals surface area contributed by atoms with Gasteiger partial charge in [0, 0.05) is 6.61 Å². The van der Waals surface area contributed by atoms with Crippen LogP contribution in [0, 0.1) is 5.92 Å². The van der Waals surface area contributed by atoms with E-state index in [-0.39, 0.29) is 5.92 Å². The minimum atomic E-state index is -0.397. The molecule has 1 N–H and O–H groups in total. The van der Waals surface area contributed by atoms with Crippen molar-refractivity contribution in [2.45, 2.75) is 39.7 Å². The first kappa shape index (κ1) is 19.8. The molecule has 0 bridgehead atoms. The Morgan fingerprint density at radius 3 is 1.65 bits per heavy atom. The zero-order valence-corrected chi connectivity index (χ0v) is 13.3. The van der Waals surface area contributed by atoms with Crippen LogP contribution in [-0.2, 0) is 18.9 Å². The van der Waals surface area contributed by atoms with Crippen LogP contribution in [0.2, 0.25) is 0 Å². The molecule has 0 saturated heterocycles. The lowest BCUT2D eigenvalue weighted by Crippen LogP contribution is -2.22. The second kappa shape index (κ2) is 15.2. The van der Waals surface area contributed by atoms with Gasteiger partial charge in [-0.2, -0.15) is 0 Å². The third-order valence-electron chi connectivity index (χ3n) is 2.82. The Morgan fingerprint density at radius 1 is 0.750 bits per heavy atom. The summed E-state index contributed by atoms with van der Waals surface area (Å²) in [7, 11) is 0. The number of rotatable bonds is 15. The summed E-state index contributed by atoms with van der Waals surface area (Å²) < 4.78 is 21.4. The van der Waals surface area contributed by atoms with Crippen LogP contribution in [0.1, 0.15) is 33.6 Å². The highest BCUT2D eigenvalue weighted by Crippen LogP contribution is 2.00. The van der Waals surface area contributed by atoms with E-state index in [0.717, 1.165) is 19.4 Å². The van der Waals surface area contributed by atoms with Crippen LogP contribution in [0.15, 0.2) is 0 Å². The second-order valence-corrected chi connectivity index (χ2v) is 5.08. The Hall–Kier alpha value is -0.200. The van der Waals surface area contributed by atoms with E-state index in [1.165, 1.54) is 0 Å². The van der Waals surface area contributed by atoms with Gasteiger partial charge in [0.1, 0.15) is 0 Å². The Bertz CT molecular complexity index is 187. The van der Waals surface area contributed by atoms with Crippen molar-refractivity contribution in [1.29, 1.82) is 0 Å². The van der Waals surface area contributed by atoms with Crippen molar-refractivity contribution in [2.24, 2.45) is 5.92 Å². The monoisotopic (exact) mass is 292 g/mol. The number of ether oxygens (including phenoxy) is 4. The van der Waals surface area contributed by atoms with Crippen molar-refractivity contribution < 1.29 is 24.1 Å². The standard InChI is InChI=1S/C15H32O5/c1-4-5-6-17-7-8-18-9-10-19-11-12-20-13-15(16)14(2)3/h14-16H,4-13H2,1-3H3. The fourth-order valence-electron chi connectivity index (χ4n) is 1.30. The number of hydrogen-bond donors (Lipinski definition) is 1. The van der Waals surface area contributed by atoms with Gasteiger partial charge in [-0.15, -0.1) is 0 Å². The lowest BCUT2D eigenvalue weighted by Gasteiger charge is -2.14. The molecule has 5 nitrogen and oxygen atoms in total. The molecule has 1 unspecified atom stereocenters. The van der Waals surface area contributed by atoms with Crippen molar-refractivity contribution in [3.63, 3.8) is 0 Å². The van der Waals surface area contributed by atoms with Gasteiger partial charge in [-0.25, -0.2) is 0 Å². The highest BCUT2D eigenvalue weighted by atomic mass is 16.6. The maximum atomic E-state index is 9.51. The predicted octanol–water partition coefficient (Wildman–Crippen LogP) is 1.87. The summed E-state index contributed by atoms with van der Waals surface area (Å²) in [5.74, 6) is 0.226. The summed E-state index contributed by atoms with van der Waals surface area (Å²) in [5.41, 5.74) is 0. The van der Waals surface area contributed by atoms with E-state index in [1.54, 1.807) is 0 Å². The first-order chi connectivity index (χ1) is 9.68. The first-order valence-electron chi connectivity index (χ1n) is 7.67. The van der Waals surface area contributed by atoms with Crippen LogP contribution >= 0.6 is 0 Å². The Kier molecular flexibility index (Phi) is 15.0. The number of aliphatic hydroxyl groups is 1. The quantitative estimate of drug-likeness (QED) is 0.467. The number of unbranched alkanes of at least 4 members (excludes halogenated alkanes) is 1. The van der Waals surface area contributed by atoms with Gasteiger partial charge in [-0.3, -0.25) is 0 Å². The largest absolute Gasteiger partial charge is 0.390 e. The fourth-order valence-corrected chi connectivity index (χ4v) is 1.30. The maximum absolute atomic E-state index is 9.51. The van der Waals surface area contributed by atoms with Gasteiger partial charge in [0.15, 0.2) is 0 Å². The molecule has 0 heterocycles. The minimum Gasteiger partial charge on any atom is -0.390 e. The molecular formula is C15H32O5. The van der Waals surface area contributed by atoms with Crippen LogP contribution in [0.4, 0.5) is 0 Å². The van der Waals surface area contributed by atoms with E-state index in [0.29, 0.717) is 46.2 Å². The van der Waals surface area contributed by atoms with Gasteiger partial charge in [-0.05, 0) is 12.3 Å². The van der Waals surface area contributed by atoms with Crippen LogP contribution in [-0.4, -0.2) is 64.1 Å². The minimum absolute atomic E-state index is 0.226. The fraction of sp³-hybridized carbons (Fsp3) is 1.00. The highest BCUT2D eigenvalue weighted by molar-refractivity contribution is 4.57. The van der Waals surface area contributed by atoms with E-state index >= 15 is 0 Å². The Labute approximate surface area is 123 Å². The molecule has 0 aromatic heterocycles. The van der Waals surface area contributed by atoms with Gasteiger partial charge in [0.05, 0.1) is 52.4 Å². The zero-order chi connectivity index (χ0) is 15.1. The average molecular weight is 292 g/mol. The smallest absolute Gasteiger partial charge is 0.0796 e. The van der Waals surface area contributed by atoms with Gasteiger partial charge < -0.3 is 24.1 Å². The third-order valence-corrected chi connectivity index (χ3v) is 2.82. The molecule has 0 aliphatic carbocycles. The molecule has 0 aliphatic rings. The molecule has 1 atom stereocenters. The highest BCUT2D eigenvalue weighted by Gasteiger charge is 2.08. The summed E-state index contributed by atoms with van der Waals surface area (Å²) in [6, 6.07) is 0. The van der Waals surface area contributed by atoms with Crippen molar-refractivity contribution in [3.05, 3.63) is 0 Å². The Balaban J connectivity index is 3.03. The van der Waals surface area contributed by atoms with Crippen LogP contribution < -0.4 is 0 Å². The zero-order valence-electron chi connectivity index (χ0n) is 13.3. The van der Waals surface area contributed by atoms with E-state index in [9.17, 15) is 5.11 Å². The van der Waals surface area contributed by atoms with Gasteiger partial charge in [0.25, 0.3) is 0 Å². The van der Waals surface area contributed by atoms with Gasteiger partial charge >= 0.3 is 0 Å². The molecule has 0 radical (unpaired) electrons. The van der Waals surface area contributed by atoms with Gasteiger partial charge in [0.2, 0.25) is 0 Å². The molecule has 0 aromatic carbocycles. The molecule has 0 amide bonds. The summed E-state index contributed by atoms with van der Waals surface area (Å²) in [5, 5.41) is 9.51. The molecule has 0 fully saturated rings. The summed E-state index contributed by atoms with van der Waals surface area (Å²) in [6.07, 6.45) is 1.87. The van der Waals surface area contributed by atoms with E-state index in [1.807, 2.05) is 13.8 Å². The van der Waals surface area contributed by atoms with Crippen molar-refractivity contribution in [1.82, 2.24) is 0 Å². The predicted molar refractivity (Wildman–Crippen MR) is 79.0 cm³/mol. The molecule has 0 saturated carbocycles. The Morgan fingerprint density at radius 2 is 1.20 bits per heavy atom. The molecule has 20 heavy (non-hydrogen) atoms. The number of aliphatic hydroxyl groups excluding tert-OH is 1. The normalized spacial score (nSPS) is 13.1. The topological polar surface area (TPSA) is 57.2 Å².